The fourth-order valence-corrected chi connectivity index (χ4v) is 5.43. The Morgan fingerprint density at radius 3 is 2.24 bits per heavy atom. The van der Waals surface area contributed by atoms with Gasteiger partial charge in [-0.15, -0.1) is 0 Å². The lowest BCUT2D eigenvalue weighted by atomic mass is 9.74. The van der Waals surface area contributed by atoms with Crippen molar-refractivity contribution < 1.29 is 14.3 Å². The van der Waals surface area contributed by atoms with E-state index in [4.69, 9.17) is 0 Å². The molecule has 0 saturated carbocycles. The van der Waals surface area contributed by atoms with E-state index >= 15 is 0 Å². The lowest BCUT2D eigenvalue weighted by molar-refractivity contribution is -0.0606. The molecular formula is C28H29FN2O2. The van der Waals surface area contributed by atoms with Gasteiger partial charge in [-0.2, -0.15) is 0 Å². The van der Waals surface area contributed by atoms with E-state index in [0.717, 1.165) is 19.4 Å². The summed E-state index contributed by atoms with van der Waals surface area (Å²) in [4.78, 5) is 17.5. The first kappa shape index (κ1) is 21.8. The molecule has 5 heteroatoms. The fourth-order valence-electron chi connectivity index (χ4n) is 5.43. The van der Waals surface area contributed by atoms with Crippen LogP contribution in [-0.4, -0.2) is 59.1 Å². The first-order valence-corrected chi connectivity index (χ1v) is 11.7. The van der Waals surface area contributed by atoms with E-state index < -0.39 is 0 Å². The number of aliphatic hydroxyl groups is 1. The molecule has 4 nitrogen and oxygen atoms in total. The van der Waals surface area contributed by atoms with E-state index in [1.807, 2.05) is 23.1 Å². The monoisotopic (exact) mass is 444 g/mol. The zero-order valence-electron chi connectivity index (χ0n) is 18.6. The minimum Gasteiger partial charge on any atom is -0.395 e. The van der Waals surface area contributed by atoms with Gasteiger partial charge in [-0.1, -0.05) is 54.6 Å². The van der Waals surface area contributed by atoms with Gasteiger partial charge in [-0.25, -0.2) is 4.39 Å². The van der Waals surface area contributed by atoms with Crippen molar-refractivity contribution >= 4 is 5.91 Å². The first-order valence-electron chi connectivity index (χ1n) is 11.7. The Balaban J connectivity index is 1.38. The van der Waals surface area contributed by atoms with Crippen LogP contribution in [0.2, 0.25) is 0 Å². The summed E-state index contributed by atoms with van der Waals surface area (Å²) in [6, 6.07) is 24.9. The van der Waals surface area contributed by atoms with Crippen LogP contribution in [0.15, 0.2) is 78.9 Å². The van der Waals surface area contributed by atoms with Crippen molar-refractivity contribution in [2.75, 3.05) is 26.2 Å². The molecule has 2 aliphatic rings. The van der Waals surface area contributed by atoms with Gasteiger partial charge in [0.15, 0.2) is 0 Å². The van der Waals surface area contributed by atoms with Crippen LogP contribution < -0.4 is 0 Å². The van der Waals surface area contributed by atoms with Crippen LogP contribution in [0, 0.1) is 5.82 Å². The number of hydrogen-bond acceptors (Lipinski definition) is 3. The predicted molar refractivity (Wildman–Crippen MR) is 128 cm³/mol. The van der Waals surface area contributed by atoms with Gasteiger partial charge >= 0.3 is 0 Å². The second kappa shape index (κ2) is 9.46. The van der Waals surface area contributed by atoms with Crippen molar-refractivity contribution in [2.24, 2.45) is 0 Å². The number of carbonyl (C=O) groups excluding carboxylic acids is 1. The van der Waals surface area contributed by atoms with Crippen LogP contribution in [0.1, 0.15) is 34.7 Å². The first-order chi connectivity index (χ1) is 16.2. The molecule has 0 bridgehead atoms. The third kappa shape index (κ3) is 4.31. The number of halogens is 1. The van der Waals surface area contributed by atoms with Crippen molar-refractivity contribution in [1.82, 2.24) is 9.80 Å². The normalized spacial score (nSPS) is 23.2. The van der Waals surface area contributed by atoms with Gasteiger partial charge < -0.3 is 10.0 Å². The molecule has 0 aromatic heterocycles. The van der Waals surface area contributed by atoms with Gasteiger partial charge in [-0.3, -0.25) is 9.69 Å². The molecule has 170 valence electrons. The molecule has 2 fully saturated rings. The SMILES string of the molecule is O=C(c1ccc(F)cc1)N1CCCCN2[C@H](CO)[C@H](c3ccc(-c4ccccc4)cc3)[C@H]2C1. The van der Waals surface area contributed by atoms with Gasteiger partial charge in [0, 0.05) is 36.7 Å². The minimum atomic E-state index is -0.339. The molecule has 0 radical (unpaired) electrons. The highest BCUT2D eigenvalue weighted by Gasteiger charge is 2.49. The second-order valence-electron chi connectivity index (χ2n) is 9.03. The highest BCUT2D eigenvalue weighted by Crippen LogP contribution is 2.42. The molecule has 0 spiro atoms. The Morgan fingerprint density at radius 2 is 1.55 bits per heavy atom. The van der Waals surface area contributed by atoms with Crippen molar-refractivity contribution in [1.29, 1.82) is 0 Å². The summed E-state index contributed by atoms with van der Waals surface area (Å²) in [7, 11) is 0. The van der Waals surface area contributed by atoms with Crippen LogP contribution in [0.3, 0.4) is 0 Å². The maximum atomic E-state index is 13.3. The van der Waals surface area contributed by atoms with Crippen LogP contribution in [0.25, 0.3) is 11.1 Å². The number of rotatable bonds is 4. The molecule has 2 aliphatic heterocycles. The molecular weight excluding hydrogens is 415 g/mol. The van der Waals surface area contributed by atoms with Crippen molar-refractivity contribution in [3.05, 3.63) is 95.8 Å². The molecule has 0 aliphatic carbocycles. The van der Waals surface area contributed by atoms with Crippen LogP contribution >= 0.6 is 0 Å². The summed E-state index contributed by atoms with van der Waals surface area (Å²) < 4.78 is 13.3. The van der Waals surface area contributed by atoms with E-state index in [9.17, 15) is 14.3 Å². The summed E-state index contributed by atoms with van der Waals surface area (Å²) in [6.45, 7) is 2.35. The smallest absolute Gasteiger partial charge is 0.253 e. The van der Waals surface area contributed by atoms with E-state index in [-0.39, 0.29) is 36.3 Å². The maximum Gasteiger partial charge on any atom is 0.253 e. The van der Waals surface area contributed by atoms with Gasteiger partial charge in [0.05, 0.1) is 6.61 Å². The second-order valence-corrected chi connectivity index (χ2v) is 9.03. The average Bonchev–Trinajstić information content (AvgIpc) is 2.84. The molecule has 2 saturated heterocycles. The molecule has 1 amide bonds. The van der Waals surface area contributed by atoms with E-state index in [2.05, 4.69) is 41.3 Å². The van der Waals surface area contributed by atoms with Gasteiger partial charge in [0.2, 0.25) is 0 Å². The number of amides is 1. The van der Waals surface area contributed by atoms with Crippen LogP contribution in [0.4, 0.5) is 4.39 Å². The van der Waals surface area contributed by atoms with E-state index in [1.165, 1.54) is 28.8 Å². The number of carbonyl (C=O) groups is 1. The van der Waals surface area contributed by atoms with Gasteiger partial charge in [0.25, 0.3) is 5.91 Å². The summed E-state index contributed by atoms with van der Waals surface area (Å²) in [5, 5.41) is 10.2. The fraction of sp³-hybridized carbons (Fsp3) is 0.321. The number of fused-ring (bicyclic) bond motifs is 1. The highest BCUT2D eigenvalue weighted by atomic mass is 19.1. The Kier molecular flexibility index (Phi) is 6.25. The molecule has 3 aromatic rings. The summed E-state index contributed by atoms with van der Waals surface area (Å²) >= 11 is 0. The molecule has 3 aromatic carbocycles. The minimum absolute atomic E-state index is 0.0533. The topological polar surface area (TPSA) is 43.8 Å². The van der Waals surface area contributed by atoms with Gasteiger partial charge in [0.1, 0.15) is 5.82 Å². The summed E-state index contributed by atoms with van der Waals surface area (Å²) in [6.07, 6.45) is 1.91. The van der Waals surface area contributed by atoms with Crippen molar-refractivity contribution in [3.63, 3.8) is 0 Å². The molecule has 1 N–H and O–H groups in total. The van der Waals surface area contributed by atoms with Crippen molar-refractivity contribution in [3.8, 4) is 11.1 Å². The Bertz CT molecular complexity index is 1090. The Labute approximate surface area is 194 Å². The number of aliphatic hydroxyl groups excluding tert-OH is 1. The third-order valence-corrected chi connectivity index (χ3v) is 7.15. The standard InChI is InChI=1S/C28H29FN2O2/c29-24-14-12-23(13-15-24)28(33)30-16-4-5-17-31-25(18-30)27(26(31)19-32)22-10-8-21(9-11-22)20-6-2-1-3-7-20/h1-3,6-15,25-27,32H,4-5,16-19H2/t25-,26-,27-/m1/s1. The Hall–Kier alpha value is -3.02. The zero-order valence-corrected chi connectivity index (χ0v) is 18.6. The number of nitrogens with zero attached hydrogens (tertiary/aromatic N) is 2. The molecule has 3 atom stereocenters. The zero-order chi connectivity index (χ0) is 22.8. The quantitative estimate of drug-likeness (QED) is 0.642. The summed E-state index contributed by atoms with van der Waals surface area (Å²) in [5.41, 5.74) is 4.07. The largest absolute Gasteiger partial charge is 0.395 e. The van der Waals surface area contributed by atoms with E-state index in [1.54, 1.807) is 12.1 Å². The summed E-state index contributed by atoms with van der Waals surface area (Å²) in [5.74, 6) is -0.224. The predicted octanol–water partition coefficient (Wildman–Crippen LogP) is 4.56. The molecule has 33 heavy (non-hydrogen) atoms. The average molecular weight is 445 g/mol. The maximum absolute atomic E-state index is 13.3. The number of benzene rings is 3. The molecule has 2 heterocycles. The van der Waals surface area contributed by atoms with E-state index in [0.29, 0.717) is 18.7 Å². The van der Waals surface area contributed by atoms with Crippen LogP contribution in [0.5, 0.6) is 0 Å². The van der Waals surface area contributed by atoms with Crippen molar-refractivity contribution in [2.45, 2.75) is 30.8 Å². The highest BCUT2D eigenvalue weighted by molar-refractivity contribution is 5.94. The molecule has 5 rings (SSSR count). The Morgan fingerprint density at radius 1 is 0.879 bits per heavy atom. The van der Waals surface area contributed by atoms with Crippen LogP contribution in [-0.2, 0) is 0 Å². The lowest BCUT2D eigenvalue weighted by Crippen LogP contribution is -2.67. The van der Waals surface area contributed by atoms with Gasteiger partial charge in [-0.05, 0) is 60.3 Å². The molecule has 0 unspecified atom stereocenters. The number of hydrogen-bond donors (Lipinski definition) is 1. The lowest BCUT2D eigenvalue weighted by Gasteiger charge is -2.57. The third-order valence-electron chi connectivity index (χ3n) is 7.15.